The Kier molecular flexibility index (Phi) is 4.97. The van der Waals surface area contributed by atoms with Gasteiger partial charge < -0.3 is 9.80 Å². The number of H-pyrrole nitrogens is 1. The molecule has 6 heteroatoms. The summed E-state index contributed by atoms with van der Waals surface area (Å²) in [6, 6.07) is 19.5. The van der Waals surface area contributed by atoms with Gasteiger partial charge in [0.15, 0.2) is 0 Å². The number of carbonyl (C=O) groups excluding carboxylic acids is 1. The summed E-state index contributed by atoms with van der Waals surface area (Å²) >= 11 is 5.95. The number of nitrogens with zero attached hydrogens (tertiary/aromatic N) is 3. The van der Waals surface area contributed by atoms with Gasteiger partial charge in [-0.1, -0.05) is 54.1 Å². The fourth-order valence-electron chi connectivity index (χ4n) is 3.48. The van der Waals surface area contributed by atoms with Crippen molar-refractivity contribution in [2.75, 3.05) is 26.7 Å². The lowest BCUT2D eigenvalue weighted by Crippen LogP contribution is -2.49. The number of hydrogen-bond donors (Lipinski definition) is 1. The lowest BCUT2D eigenvalue weighted by Gasteiger charge is -2.40. The van der Waals surface area contributed by atoms with Crippen LogP contribution in [-0.2, 0) is 0 Å². The minimum absolute atomic E-state index is 0.0235. The van der Waals surface area contributed by atoms with E-state index in [0.29, 0.717) is 17.3 Å². The molecule has 0 bridgehead atoms. The van der Waals surface area contributed by atoms with E-state index in [1.165, 1.54) is 0 Å². The first kappa shape index (κ1) is 17.8. The van der Waals surface area contributed by atoms with Crippen LogP contribution < -0.4 is 0 Å². The second-order valence-corrected chi connectivity index (χ2v) is 7.30. The largest absolute Gasteiger partial charge is 0.328 e. The number of piperazine rings is 1. The van der Waals surface area contributed by atoms with E-state index in [0.717, 1.165) is 29.9 Å². The third kappa shape index (κ3) is 3.75. The van der Waals surface area contributed by atoms with Gasteiger partial charge in [-0.2, -0.15) is 5.10 Å². The maximum absolute atomic E-state index is 13.2. The van der Waals surface area contributed by atoms with Gasteiger partial charge in [0.25, 0.3) is 5.91 Å². The Morgan fingerprint density at radius 2 is 1.85 bits per heavy atom. The van der Waals surface area contributed by atoms with Crippen molar-refractivity contribution in [1.29, 1.82) is 0 Å². The van der Waals surface area contributed by atoms with Crippen LogP contribution in [0, 0.1) is 0 Å². The average molecular weight is 381 g/mol. The van der Waals surface area contributed by atoms with Crippen molar-refractivity contribution >= 4 is 17.5 Å². The molecule has 1 atom stereocenters. The summed E-state index contributed by atoms with van der Waals surface area (Å²) in [5.41, 5.74) is 3.31. The Labute approximate surface area is 163 Å². The molecular weight excluding hydrogens is 360 g/mol. The number of nitrogens with one attached hydrogen (secondary N) is 1. The number of rotatable bonds is 3. The maximum atomic E-state index is 13.2. The van der Waals surface area contributed by atoms with Crippen LogP contribution in [0.5, 0.6) is 0 Å². The Morgan fingerprint density at radius 1 is 1.11 bits per heavy atom. The molecule has 1 aromatic heterocycles. The normalized spacial score (nSPS) is 17.9. The van der Waals surface area contributed by atoms with Gasteiger partial charge in [-0.15, -0.1) is 0 Å². The van der Waals surface area contributed by atoms with Crippen molar-refractivity contribution in [2.45, 2.75) is 6.04 Å². The summed E-state index contributed by atoms with van der Waals surface area (Å²) in [5, 5.41) is 7.90. The molecule has 2 aromatic carbocycles. The number of benzene rings is 2. The molecular formula is C21H21ClN4O. The molecule has 27 heavy (non-hydrogen) atoms. The molecule has 1 unspecified atom stereocenters. The number of likely N-dealkylation sites (N-methyl/N-ethyl adjacent to an activating group) is 1. The Balaban J connectivity index is 1.60. The zero-order chi connectivity index (χ0) is 18.8. The lowest BCUT2D eigenvalue weighted by atomic mass is 10.0. The molecule has 3 aromatic rings. The molecule has 2 heterocycles. The van der Waals surface area contributed by atoms with Gasteiger partial charge in [0, 0.05) is 30.2 Å². The second-order valence-electron chi connectivity index (χ2n) is 6.86. The van der Waals surface area contributed by atoms with Gasteiger partial charge >= 0.3 is 0 Å². The fourth-order valence-corrected chi connectivity index (χ4v) is 3.60. The molecule has 1 N–H and O–H groups in total. The Bertz CT molecular complexity index is 923. The predicted octanol–water partition coefficient (Wildman–Crippen LogP) is 3.86. The van der Waals surface area contributed by atoms with Gasteiger partial charge in [0.1, 0.15) is 5.69 Å². The van der Waals surface area contributed by atoms with Crippen LogP contribution in [0.4, 0.5) is 0 Å². The van der Waals surface area contributed by atoms with Crippen LogP contribution in [0.2, 0.25) is 5.02 Å². The van der Waals surface area contributed by atoms with Gasteiger partial charge in [-0.05, 0) is 30.8 Å². The molecule has 138 valence electrons. The molecule has 5 nitrogen and oxygen atoms in total. The number of carbonyl (C=O) groups is 1. The maximum Gasteiger partial charge on any atom is 0.272 e. The van der Waals surface area contributed by atoms with E-state index in [4.69, 9.17) is 11.6 Å². The van der Waals surface area contributed by atoms with Crippen molar-refractivity contribution < 1.29 is 4.79 Å². The summed E-state index contributed by atoms with van der Waals surface area (Å²) in [5.74, 6) is -0.0235. The van der Waals surface area contributed by atoms with Crippen molar-refractivity contribution in [3.05, 3.63) is 76.9 Å². The van der Waals surface area contributed by atoms with Crippen molar-refractivity contribution in [3.8, 4) is 11.3 Å². The summed E-state index contributed by atoms with van der Waals surface area (Å²) < 4.78 is 0. The van der Waals surface area contributed by atoms with Crippen LogP contribution in [0.3, 0.4) is 0 Å². The highest BCUT2D eigenvalue weighted by Crippen LogP contribution is 2.27. The third-order valence-corrected chi connectivity index (χ3v) is 5.23. The highest BCUT2D eigenvalue weighted by molar-refractivity contribution is 6.30. The Hall–Kier alpha value is -2.63. The zero-order valence-electron chi connectivity index (χ0n) is 15.1. The first-order chi connectivity index (χ1) is 13.1. The summed E-state index contributed by atoms with van der Waals surface area (Å²) in [4.78, 5) is 17.4. The first-order valence-corrected chi connectivity index (χ1v) is 9.35. The quantitative estimate of drug-likeness (QED) is 0.750. The molecule has 1 aliphatic rings. The van der Waals surface area contributed by atoms with Gasteiger partial charge in [0.2, 0.25) is 0 Å². The minimum atomic E-state index is -0.0235. The SMILES string of the molecule is CN1CCN(C(=O)c2cc(-c3ccc(Cl)cc3)n[nH]2)C(c2ccccc2)C1. The summed E-state index contributed by atoms with van der Waals surface area (Å²) in [7, 11) is 2.09. The molecule has 0 aliphatic carbocycles. The van der Waals surface area contributed by atoms with E-state index >= 15 is 0 Å². The van der Waals surface area contributed by atoms with E-state index in [9.17, 15) is 4.79 Å². The molecule has 0 saturated carbocycles. The molecule has 4 rings (SSSR count). The molecule has 1 amide bonds. The van der Waals surface area contributed by atoms with Crippen molar-refractivity contribution in [1.82, 2.24) is 20.0 Å². The van der Waals surface area contributed by atoms with Crippen LogP contribution in [0.15, 0.2) is 60.7 Å². The molecule has 1 fully saturated rings. The van der Waals surface area contributed by atoms with Crippen LogP contribution >= 0.6 is 11.6 Å². The highest BCUT2D eigenvalue weighted by atomic mass is 35.5. The predicted molar refractivity (Wildman–Crippen MR) is 107 cm³/mol. The van der Waals surface area contributed by atoms with Crippen LogP contribution in [-0.4, -0.2) is 52.6 Å². The smallest absolute Gasteiger partial charge is 0.272 e. The van der Waals surface area contributed by atoms with E-state index in [-0.39, 0.29) is 11.9 Å². The highest BCUT2D eigenvalue weighted by Gasteiger charge is 2.31. The van der Waals surface area contributed by atoms with E-state index in [2.05, 4.69) is 34.3 Å². The molecule has 1 saturated heterocycles. The fraction of sp³-hybridized carbons (Fsp3) is 0.238. The summed E-state index contributed by atoms with van der Waals surface area (Å²) in [6.07, 6.45) is 0. The van der Waals surface area contributed by atoms with Gasteiger partial charge in [-0.25, -0.2) is 0 Å². The minimum Gasteiger partial charge on any atom is -0.328 e. The standard InChI is InChI=1S/C21H21ClN4O/c1-25-11-12-26(20(14-25)16-5-3-2-4-6-16)21(27)19-13-18(23-24-19)15-7-9-17(22)10-8-15/h2-10,13,20H,11-12,14H2,1H3,(H,23,24). The molecule has 0 spiro atoms. The van der Waals surface area contributed by atoms with Crippen LogP contribution in [0.1, 0.15) is 22.1 Å². The topological polar surface area (TPSA) is 52.2 Å². The average Bonchev–Trinajstić information content (AvgIpc) is 3.19. The monoisotopic (exact) mass is 380 g/mol. The van der Waals surface area contributed by atoms with E-state index < -0.39 is 0 Å². The van der Waals surface area contributed by atoms with E-state index in [1.54, 1.807) is 0 Å². The number of halogens is 1. The number of hydrogen-bond acceptors (Lipinski definition) is 3. The number of aromatic amines is 1. The second kappa shape index (κ2) is 7.55. The van der Waals surface area contributed by atoms with E-state index in [1.807, 2.05) is 53.4 Å². The summed E-state index contributed by atoms with van der Waals surface area (Å²) in [6.45, 7) is 2.35. The van der Waals surface area contributed by atoms with Gasteiger partial charge in [0.05, 0.1) is 11.7 Å². The first-order valence-electron chi connectivity index (χ1n) is 8.97. The molecule has 1 aliphatic heterocycles. The van der Waals surface area contributed by atoms with Crippen LogP contribution in [0.25, 0.3) is 11.3 Å². The van der Waals surface area contributed by atoms with Crippen molar-refractivity contribution in [2.24, 2.45) is 0 Å². The number of amides is 1. The molecule has 0 radical (unpaired) electrons. The van der Waals surface area contributed by atoms with Gasteiger partial charge in [-0.3, -0.25) is 9.89 Å². The van der Waals surface area contributed by atoms with Crippen molar-refractivity contribution in [3.63, 3.8) is 0 Å². The Morgan fingerprint density at radius 3 is 2.59 bits per heavy atom. The zero-order valence-corrected chi connectivity index (χ0v) is 15.9. The third-order valence-electron chi connectivity index (χ3n) is 4.98. The lowest BCUT2D eigenvalue weighted by molar-refractivity contribution is 0.0492. The number of aromatic nitrogens is 2.